The van der Waals surface area contributed by atoms with Gasteiger partial charge in [-0.3, -0.25) is 14.9 Å². The summed E-state index contributed by atoms with van der Waals surface area (Å²) < 4.78 is 5.54. The van der Waals surface area contributed by atoms with E-state index in [1.165, 1.54) is 12.3 Å². The number of nitrogens with zero attached hydrogens (tertiary/aromatic N) is 2. The molecule has 1 N–H and O–H groups in total. The molecule has 1 amide bonds. The topological polar surface area (TPSA) is 97.7 Å². The SMILES string of the molecule is O=C(N/N=C/c1ccc(-c2ccccc2[N+](=O)[O-])o1)c1ccccc1. The lowest BCUT2D eigenvalue weighted by Gasteiger charge is -1.99. The Morgan fingerprint density at radius 2 is 1.76 bits per heavy atom. The first-order chi connectivity index (χ1) is 12.1. The molecule has 0 fully saturated rings. The molecule has 0 radical (unpaired) electrons. The molecule has 0 atom stereocenters. The largest absolute Gasteiger partial charge is 0.455 e. The number of hydrogen-bond donors (Lipinski definition) is 1. The van der Waals surface area contributed by atoms with Gasteiger partial charge in [-0.25, -0.2) is 5.43 Å². The normalized spacial score (nSPS) is 10.7. The van der Waals surface area contributed by atoms with Gasteiger partial charge in [-0.05, 0) is 30.3 Å². The smallest absolute Gasteiger partial charge is 0.280 e. The van der Waals surface area contributed by atoms with E-state index in [4.69, 9.17) is 4.42 Å². The maximum Gasteiger partial charge on any atom is 0.280 e. The highest BCUT2D eigenvalue weighted by molar-refractivity contribution is 5.94. The Labute approximate surface area is 142 Å². The highest BCUT2D eigenvalue weighted by Crippen LogP contribution is 2.30. The number of nitro groups is 1. The lowest BCUT2D eigenvalue weighted by Crippen LogP contribution is -2.17. The number of furan rings is 1. The molecule has 0 aliphatic carbocycles. The number of nitro benzene ring substituents is 1. The molecule has 0 bridgehead atoms. The zero-order chi connectivity index (χ0) is 17.6. The van der Waals surface area contributed by atoms with E-state index in [1.807, 2.05) is 6.07 Å². The number of hydrazone groups is 1. The van der Waals surface area contributed by atoms with Crippen molar-refractivity contribution in [3.63, 3.8) is 0 Å². The predicted molar refractivity (Wildman–Crippen MR) is 92.3 cm³/mol. The molecular weight excluding hydrogens is 322 g/mol. The summed E-state index contributed by atoms with van der Waals surface area (Å²) in [4.78, 5) is 22.5. The summed E-state index contributed by atoms with van der Waals surface area (Å²) in [6, 6.07) is 18.2. The molecule has 1 aromatic heterocycles. The molecular formula is C18H13N3O4. The minimum Gasteiger partial charge on any atom is -0.455 e. The van der Waals surface area contributed by atoms with Gasteiger partial charge >= 0.3 is 0 Å². The van der Waals surface area contributed by atoms with Crippen LogP contribution in [0.1, 0.15) is 16.1 Å². The summed E-state index contributed by atoms with van der Waals surface area (Å²) in [6.45, 7) is 0. The summed E-state index contributed by atoms with van der Waals surface area (Å²) >= 11 is 0. The maximum atomic E-state index is 11.9. The van der Waals surface area contributed by atoms with E-state index in [-0.39, 0.29) is 11.6 Å². The first-order valence-electron chi connectivity index (χ1n) is 7.37. The maximum absolute atomic E-state index is 11.9. The molecule has 0 unspecified atom stereocenters. The Bertz CT molecular complexity index is 932. The average molecular weight is 335 g/mol. The second kappa shape index (κ2) is 7.22. The van der Waals surface area contributed by atoms with Crippen LogP contribution in [-0.2, 0) is 0 Å². The van der Waals surface area contributed by atoms with Crippen molar-refractivity contribution in [1.82, 2.24) is 5.43 Å². The van der Waals surface area contributed by atoms with Crippen molar-refractivity contribution >= 4 is 17.8 Å². The third kappa shape index (κ3) is 3.78. The van der Waals surface area contributed by atoms with Crippen LogP contribution >= 0.6 is 0 Å². The van der Waals surface area contributed by atoms with Gasteiger partial charge in [-0.15, -0.1) is 0 Å². The van der Waals surface area contributed by atoms with E-state index in [0.717, 1.165) is 0 Å². The van der Waals surface area contributed by atoms with Crippen LogP contribution in [0, 0.1) is 10.1 Å². The molecule has 25 heavy (non-hydrogen) atoms. The summed E-state index contributed by atoms with van der Waals surface area (Å²) in [5, 5.41) is 14.9. The third-order valence-corrected chi connectivity index (χ3v) is 3.39. The van der Waals surface area contributed by atoms with Crippen LogP contribution in [-0.4, -0.2) is 17.0 Å². The Morgan fingerprint density at radius 1 is 1.04 bits per heavy atom. The molecule has 0 saturated heterocycles. The van der Waals surface area contributed by atoms with Gasteiger partial charge in [0.2, 0.25) is 0 Å². The quantitative estimate of drug-likeness (QED) is 0.437. The molecule has 0 aliphatic rings. The molecule has 0 aliphatic heterocycles. The summed E-state index contributed by atoms with van der Waals surface area (Å²) in [7, 11) is 0. The minimum atomic E-state index is -0.467. The molecule has 3 aromatic rings. The Balaban J connectivity index is 1.72. The number of para-hydroxylation sites is 1. The van der Waals surface area contributed by atoms with E-state index in [1.54, 1.807) is 54.6 Å². The van der Waals surface area contributed by atoms with Crippen LogP contribution in [0.4, 0.5) is 5.69 Å². The zero-order valence-corrected chi connectivity index (χ0v) is 13.0. The lowest BCUT2D eigenvalue weighted by molar-refractivity contribution is -0.384. The van der Waals surface area contributed by atoms with Crippen LogP contribution < -0.4 is 5.43 Å². The van der Waals surface area contributed by atoms with Gasteiger partial charge in [-0.1, -0.05) is 30.3 Å². The lowest BCUT2D eigenvalue weighted by atomic mass is 10.1. The van der Waals surface area contributed by atoms with Crippen molar-refractivity contribution in [2.24, 2.45) is 5.10 Å². The fourth-order valence-electron chi connectivity index (χ4n) is 2.22. The van der Waals surface area contributed by atoms with Crippen molar-refractivity contribution in [2.45, 2.75) is 0 Å². The number of carbonyl (C=O) groups excluding carboxylic acids is 1. The molecule has 0 saturated carbocycles. The molecule has 0 spiro atoms. The van der Waals surface area contributed by atoms with Gasteiger partial charge in [0.05, 0.1) is 16.7 Å². The number of carbonyl (C=O) groups is 1. The molecule has 3 rings (SSSR count). The number of hydrogen-bond acceptors (Lipinski definition) is 5. The van der Waals surface area contributed by atoms with Gasteiger partial charge in [0.15, 0.2) is 0 Å². The highest BCUT2D eigenvalue weighted by atomic mass is 16.6. The van der Waals surface area contributed by atoms with Crippen LogP contribution in [0.3, 0.4) is 0 Å². The Morgan fingerprint density at radius 3 is 2.52 bits per heavy atom. The van der Waals surface area contributed by atoms with E-state index in [0.29, 0.717) is 22.6 Å². The third-order valence-electron chi connectivity index (χ3n) is 3.39. The standard InChI is InChI=1S/C18H13N3O4/c22-18(13-6-2-1-3-7-13)20-19-12-14-10-11-17(25-14)15-8-4-5-9-16(15)21(23)24/h1-12H,(H,20,22)/b19-12+. The van der Waals surface area contributed by atoms with E-state index in [9.17, 15) is 14.9 Å². The molecule has 1 heterocycles. The summed E-state index contributed by atoms with van der Waals surface area (Å²) in [5.41, 5.74) is 3.21. The monoisotopic (exact) mass is 335 g/mol. The zero-order valence-electron chi connectivity index (χ0n) is 13.0. The van der Waals surface area contributed by atoms with Crippen molar-refractivity contribution in [3.8, 4) is 11.3 Å². The van der Waals surface area contributed by atoms with Crippen LogP contribution in [0.15, 0.2) is 76.2 Å². The van der Waals surface area contributed by atoms with Gasteiger partial charge in [0, 0.05) is 11.6 Å². The molecule has 124 valence electrons. The first kappa shape index (κ1) is 16.1. The van der Waals surface area contributed by atoms with Crippen LogP contribution in [0.25, 0.3) is 11.3 Å². The van der Waals surface area contributed by atoms with Crippen molar-refractivity contribution < 1.29 is 14.1 Å². The van der Waals surface area contributed by atoms with Crippen molar-refractivity contribution in [1.29, 1.82) is 0 Å². The fourth-order valence-corrected chi connectivity index (χ4v) is 2.22. The van der Waals surface area contributed by atoms with E-state index in [2.05, 4.69) is 10.5 Å². The average Bonchev–Trinajstić information content (AvgIpc) is 3.11. The minimum absolute atomic E-state index is 0.0438. The van der Waals surface area contributed by atoms with Crippen LogP contribution in [0.5, 0.6) is 0 Å². The second-order valence-corrected chi connectivity index (χ2v) is 5.04. The van der Waals surface area contributed by atoms with Gasteiger partial charge in [0.25, 0.3) is 11.6 Å². The predicted octanol–water partition coefficient (Wildman–Crippen LogP) is 3.62. The van der Waals surface area contributed by atoms with E-state index < -0.39 is 4.92 Å². The van der Waals surface area contributed by atoms with Crippen molar-refractivity contribution in [3.05, 3.63) is 88.2 Å². The van der Waals surface area contributed by atoms with E-state index >= 15 is 0 Å². The van der Waals surface area contributed by atoms with Gasteiger partial charge < -0.3 is 4.42 Å². The second-order valence-electron chi connectivity index (χ2n) is 5.04. The first-order valence-corrected chi connectivity index (χ1v) is 7.37. The fraction of sp³-hybridized carbons (Fsp3) is 0. The number of amides is 1. The number of benzene rings is 2. The molecule has 7 heteroatoms. The molecule has 2 aromatic carbocycles. The van der Waals surface area contributed by atoms with Gasteiger partial charge in [0.1, 0.15) is 11.5 Å². The van der Waals surface area contributed by atoms with Crippen LogP contribution in [0.2, 0.25) is 0 Å². The van der Waals surface area contributed by atoms with Crippen molar-refractivity contribution in [2.75, 3.05) is 0 Å². The molecule has 7 nitrogen and oxygen atoms in total. The summed E-state index contributed by atoms with van der Waals surface area (Å²) in [5.74, 6) is 0.368. The Kier molecular flexibility index (Phi) is 4.66. The number of rotatable bonds is 5. The van der Waals surface area contributed by atoms with Gasteiger partial charge in [-0.2, -0.15) is 5.10 Å². The number of nitrogens with one attached hydrogen (secondary N) is 1. The Hall–Kier alpha value is -3.74. The highest BCUT2D eigenvalue weighted by Gasteiger charge is 2.16. The summed E-state index contributed by atoms with van der Waals surface area (Å²) in [6.07, 6.45) is 1.33.